The van der Waals surface area contributed by atoms with Gasteiger partial charge in [-0.25, -0.2) is 4.98 Å². The first-order valence-electron chi connectivity index (χ1n) is 5.06. The Labute approximate surface area is 108 Å². The first-order valence-corrected chi connectivity index (χ1v) is 6.73. The van der Waals surface area contributed by atoms with Gasteiger partial charge < -0.3 is 5.32 Å². The first kappa shape index (κ1) is 11.6. The summed E-state index contributed by atoms with van der Waals surface area (Å²) in [4.78, 5) is 4.42. The second kappa shape index (κ2) is 4.97. The van der Waals surface area contributed by atoms with Crippen LogP contribution in [0, 0.1) is 13.8 Å². The van der Waals surface area contributed by atoms with Crippen LogP contribution in [0.3, 0.4) is 0 Å². The van der Waals surface area contributed by atoms with Crippen LogP contribution in [0.4, 0.5) is 5.69 Å². The summed E-state index contributed by atoms with van der Waals surface area (Å²) >= 11 is 5.15. The lowest BCUT2D eigenvalue weighted by Gasteiger charge is -2.08. The third-order valence-corrected chi connectivity index (χ3v) is 3.75. The monoisotopic (exact) mass is 296 g/mol. The quantitative estimate of drug-likeness (QED) is 0.921. The summed E-state index contributed by atoms with van der Waals surface area (Å²) < 4.78 is 1.11. The molecule has 0 atom stereocenters. The molecule has 0 amide bonds. The fourth-order valence-electron chi connectivity index (χ4n) is 1.48. The predicted molar refractivity (Wildman–Crippen MR) is 73.1 cm³/mol. The van der Waals surface area contributed by atoms with Crippen molar-refractivity contribution < 1.29 is 0 Å². The normalized spacial score (nSPS) is 10.4. The van der Waals surface area contributed by atoms with E-state index in [4.69, 9.17) is 0 Å². The molecule has 1 N–H and O–H groups in total. The van der Waals surface area contributed by atoms with Gasteiger partial charge in [0.05, 0.1) is 6.54 Å². The lowest BCUT2D eigenvalue weighted by Crippen LogP contribution is -2.00. The minimum Gasteiger partial charge on any atom is -0.378 e. The molecule has 0 bridgehead atoms. The number of aromatic nitrogens is 1. The number of halogens is 1. The Morgan fingerprint density at radius 1 is 1.38 bits per heavy atom. The van der Waals surface area contributed by atoms with Gasteiger partial charge in [-0.2, -0.15) is 0 Å². The molecule has 2 nitrogen and oxygen atoms in total. The van der Waals surface area contributed by atoms with Gasteiger partial charge in [-0.05, 0) is 37.6 Å². The second-order valence-electron chi connectivity index (χ2n) is 3.70. The molecule has 4 heteroatoms. The van der Waals surface area contributed by atoms with Crippen LogP contribution in [0.2, 0.25) is 0 Å². The molecular weight excluding hydrogens is 284 g/mol. The van der Waals surface area contributed by atoms with Crippen molar-refractivity contribution in [2.24, 2.45) is 0 Å². The molecule has 1 aromatic carbocycles. The average molecular weight is 297 g/mol. The predicted octanol–water partition coefficient (Wildman–Crippen LogP) is 4.13. The zero-order valence-corrected chi connectivity index (χ0v) is 11.7. The van der Waals surface area contributed by atoms with Crippen molar-refractivity contribution in [1.82, 2.24) is 4.98 Å². The number of anilines is 1. The molecule has 0 spiro atoms. The highest BCUT2D eigenvalue weighted by Gasteiger charge is 2.01. The van der Waals surface area contributed by atoms with Gasteiger partial charge in [-0.1, -0.05) is 15.9 Å². The van der Waals surface area contributed by atoms with E-state index in [0.29, 0.717) is 0 Å². The second-order valence-corrected chi connectivity index (χ2v) is 5.55. The van der Waals surface area contributed by atoms with Crippen molar-refractivity contribution in [2.75, 3.05) is 5.32 Å². The molecule has 0 saturated carbocycles. The lowest BCUT2D eigenvalue weighted by molar-refractivity contribution is 1.07. The van der Waals surface area contributed by atoms with Crippen LogP contribution in [0.25, 0.3) is 0 Å². The number of nitrogens with zero attached hydrogens (tertiary/aromatic N) is 1. The van der Waals surface area contributed by atoms with E-state index in [-0.39, 0.29) is 0 Å². The van der Waals surface area contributed by atoms with Gasteiger partial charge >= 0.3 is 0 Å². The first-order chi connectivity index (χ1) is 7.65. The maximum atomic E-state index is 4.42. The maximum Gasteiger partial charge on any atom is 0.112 e. The molecule has 0 fully saturated rings. The van der Waals surface area contributed by atoms with Crippen molar-refractivity contribution >= 4 is 33.0 Å². The maximum absolute atomic E-state index is 4.42. The summed E-state index contributed by atoms with van der Waals surface area (Å²) in [6, 6.07) is 6.23. The third kappa shape index (κ3) is 2.83. The molecular formula is C12H13BrN2S. The van der Waals surface area contributed by atoms with Gasteiger partial charge in [0.25, 0.3) is 0 Å². The van der Waals surface area contributed by atoms with E-state index >= 15 is 0 Å². The van der Waals surface area contributed by atoms with E-state index in [1.165, 1.54) is 5.56 Å². The number of thiazole rings is 1. The van der Waals surface area contributed by atoms with Crippen molar-refractivity contribution in [3.8, 4) is 0 Å². The number of hydrogen-bond donors (Lipinski definition) is 1. The van der Waals surface area contributed by atoms with Crippen LogP contribution in [-0.2, 0) is 6.54 Å². The molecule has 84 valence electrons. The Morgan fingerprint density at radius 2 is 2.19 bits per heavy atom. The third-order valence-electron chi connectivity index (χ3n) is 2.29. The molecule has 0 aliphatic rings. The van der Waals surface area contributed by atoms with E-state index < -0.39 is 0 Å². The van der Waals surface area contributed by atoms with Gasteiger partial charge in [0.2, 0.25) is 0 Å². The summed E-state index contributed by atoms with van der Waals surface area (Å²) in [7, 11) is 0. The van der Waals surface area contributed by atoms with Gasteiger partial charge in [0.15, 0.2) is 0 Å². The van der Waals surface area contributed by atoms with Gasteiger partial charge in [-0.3, -0.25) is 0 Å². The molecule has 0 aliphatic heterocycles. The van der Waals surface area contributed by atoms with Crippen molar-refractivity contribution in [3.05, 3.63) is 44.3 Å². The molecule has 16 heavy (non-hydrogen) atoms. The average Bonchev–Trinajstić information content (AvgIpc) is 2.63. The van der Waals surface area contributed by atoms with Crippen LogP contribution in [-0.4, -0.2) is 4.98 Å². The number of hydrogen-bond acceptors (Lipinski definition) is 3. The standard InChI is InChI=1S/C12H13BrN2S/c1-8-5-10(13)3-4-11(8)14-6-12-15-9(2)7-16-12/h3-5,7,14H,6H2,1-2H3. The van der Waals surface area contributed by atoms with Crippen LogP contribution in [0.15, 0.2) is 28.1 Å². The number of aryl methyl sites for hydroxylation is 2. The topological polar surface area (TPSA) is 24.9 Å². The van der Waals surface area contributed by atoms with Crippen LogP contribution in [0.5, 0.6) is 0 Å². The lowest BCUT2D eigenvalue weighted by atomic mass is 10.2. The van der Waals surface area contributed by atoms with Crippen molar-refractivity contribution in [1.29, 1.82) is 0 Å². The molecule has 2 rings (SSSR count). The van der Waals surface area contributed by atoms with E-state index in [2.05, 4.69) is 50.7 Å². The van der Waals surface area contributed by atoms with Gasteiger partial charge in [0, 0.05) is 21.2 Å². The van der Waals surface area contributed by atoms with Gasteiger partial charge in [0.1, 0.15) is 5.01 Å². The fraction of sp³-hybridized carbons (Fsp3) is 0.250. The Hall–Kier alpha value is -0.870. The Balaban J connectivity index is 2.04. The van der Waals surface area contributed by atoms with E-state index in [1.807, 2.05) is 13.0 Å². The molecule has 0 saturated heterocycles. The van der Waals surface area contributed by atoms with Crippen molar-refractivity contribution in [3.63, 3.8) is 0 Å². The molecule has 2 aromatic rings. The highest BCUT2D eigenvalue weighted by atomic mass is 79.9. The summed E-state index contributed by atoms with van der Waals surface area (Å²) in [6.45, 7) is 4.91. The highest BCUT2D eigenvalue weighted by Crippen LogP contribution is 2.21. The van der Waals surface area contributed by atoms with Gasteiger partial charge in [-0.15, -0.1) is 11.3 Å². The van der Waals surface area contributed by atoms with Crippen LogP contribution < -0.4 is 5.32 Å². The van der Waals surface area contributed by atoms with E-state index in [1.54, 1.807) is 11.3 Å². The van der Waals surface area contributed by atoms with E-state index in [9.17, 15) is 0 Å². The molecule has 1 aromatic heterocycles. The van der Waals surface area contributed by atoms with Crippen LogP contribution >= 0.6 is 27.3 Å². The van der Waals surface area contributed by atoms with Crippen LogP contribution in [0.1, 0.15) is 16.3 Å². The minimum atomic E-state index is 0.793. The zero-order chi connectivity index (χ0) is 11.5. The largest absolute Gasteiger partial charge is 0.378 e. The fourth-order valence-corrected chi connectivity index (χ4v) is 2.67. The Bertz CT molecular complexity index is 494. The highest BCUT2D eigenvalue weighted by molar-refractivity contribution is 9.10. The smallest absolute Gasteiger partial charge is 0.112 e. The summed E-state index contributed by atoms with van der Waals surface area (Å²) in [6.07, 6.45) is 0. The van der Waals surface area contributed by atoms with Crippen molar-refractivity contribution in [2.45, 2.75) is 20.4 Å². The molecule has 0 unspecified atom stereocenters. The minimum absolute atomic E-state index is 0.793. The molecule has 1 heterocycles. The van der Waals surface area contributed by atoms with E-state index in [0.717, 1.165) is 27.4 Å². The number of benzene rings is 1. The summed E-state index contributed by atoms with van der Waals surface area (Å²) in [5, 5.41) is 6.60. The number of rotatable bonds is 3. The SMILES string of the molecule is Cc1csc(CNc2ccc(Br)cc2C)n1. The zero-order valence-electron chi connectivity index (χ0n) is 9.25. The number of nitrogens with one attached hydrogen (secondary N) is 1. The molecule has 0 radical (unpaired) electrons. The Kier molecular flexibility index (Phi) is 3.61. The Morgan fingerprint density at radius 3 is 2.81 bits per heavy atom. The summed E-state index contributed by atoms with van der Waals surface area (Å²) in [5.41, 5.74) is 3.49. The summed E-state index contributed by atoms with van der Waals surface area (Å²) in [5.74, 6) is 0. The molecule has 0 aliphatic carbocycles.